The molecule has 1 unspecified atom stereocenters. The van der Waals surface area contributed by atoms with Crippen LogP contribution in [-0.4, -0.2) is 37.5 Å². The number of hydrogen-bond donors (Lipinski definition) is 3. The van der Waals surface area contributed by atoms with Gasteiger partial charge < -0.3 is 21.7 Å². The molecule has 2 rings (SSSR count). The van der Waals surface area contributed by atoms with Gasteiger partial charge in [-0.05, 0) is 18.2 Å². The Hall–Kier alpha value is -1.60. The minimum atomic E-state index is -0.530. The highest BCUT2D eigenvalue weighted by molar-refractivity contribution is 9.10. The van der Waals surface area contributed by atoms with Crippen LogP contribution in [0.4, 0.5) is 5.69 Å². The fourth-order valence-electron chi connectivity index (χ4n) is 2.20. The standard InChI is InChI=1S/C12H15BrN4O2/c13-7-1-2-9(8(5-7)11(14)18)17-4-3-16-6-10(17)12(15)19/h1-2,5,10,16H,3-4,6H2,(H2,14,18)(H2,15,19). The molecule has 1 heterocycles. The molecule has 2 amide bonds. The third-order valence-electron chi connectivity index (χ3n) is 3.11. The van der Waals surface area contributed by atoms with Gasteiger partial charge in [0.15, 0.2) is 0 Å². The molecule has 102 valence electrons. The Kier molecular flexibility index (Phi) is 4.06. The van der Waals surface area contributed by atoms with E-state index in [9.17, 15) is 9.59 Å². The van der Waals surface area contributed by atoms with Gasteiger partial charge in [-0.1, -0.05) is 15.9 Å². The third kappa shape index (κ3) is 2.87. The molecule has 1 atom stereocenters. The molecule has 1 aliphatic heterocycles. The molecule has 0 radical (unpaired) electrons. The van der Waals surface area contributed by atoms with Crippen LogP contribution in [0.5, 0.6) is 0 Å². The number of benzene rings is 1. The van der Waals surface area contributed by atoms with Crippen LogP contribution in [0.2, 0.25) is 0 Å². The fourth-order valence-corrected chi connectivity index (χ4v) is 2.56. The maximum absolute atomic E-state index is 11.5. The topological polar surface area (TPSA) is 101 Å². The van der Waals surface area contributed by atoms with Crippen molar-refractivity contribution in [3.05, 3.63) is 28.2 Å². The second kappa shape index (κ2) is 5.58. The number of anilines is 1. The summed E-state index contributed by atoms with van der Waals surface area (Å²) in [5.41, 5.74) is 11.8. The first kappa shape index (κ1) is 13.8. The van der Waals surface area contributed by atoms with E-state index >= 15 is 0 Å². The number of halogens is 1. The molecule has 6 nitrogen and oxygen atoms in total. The highest BCUT2D eigenvalue weighted by atomic mass is 79.9. The summed E-state index contributed by atoms with van der Waals surface area (Å²) >= 11 is 3.30. The summed E-state index contributed by atoms with van der Waals surface area (Å²) in [4.78, 5) is 24.9. The molecule has 1 fully saturated rings. The lowest BCUT2D eigenvalue weighted by molar-refractivity contribution is -0.119. The molecule has 0 bridgehead atoms. The van der Waals surface area contributed by atoms with Crippen molar-refractivity contribution >= 4 is 33.4 Å². The van der Waals surface area contributed by atoms with Crippen molar-refractivity contribution in [2.75, 3.05) is 24.5 Å². The highest BCUT2D eigenvalue weighted by Crippen LogP contribution is 2.26. The number of carbonyl (C=O) groups excluding carboxylic acids is 2. The van der Waals surface area contributed by atoms with Gasteiger partial charge in [0.05, 0.1) is 11.3 Å². The first-order valence-corrected chi connectivity index (χ1v) is 6.66. The number of nitrogens with two attached hydrogens (primary N) is 2. The van der Waals surface area contributed by atoms with Gasteiger partial charge >= 0.3 is 0 Å². The van der Waals surface area contributed by atoms with Gasteiger partial charge in [0.1, 0.15) is 6.04 Å². The summed E-state index contributed by atoms with van der Waals surface area (Å²) in [7, 11) is 0. The number of rotatable bonds is 3. The molecule has 5 N–H and O–H groups in total. The summed E-state index contributed by atoms with van der Waals surface area (Å²) in [5, 5.41) is 3.11. The maximum Gasteiger partial charge on any atom is 0.250 e. The van der Waals surface area contributed by atoms with Crippen LogP contribution >= 0.6 is 15.9 Å². The highest BCUT2D eigenvalue weighted by Gasteiger charge is 2.29. The number of hydrogen-bond acceptors (Lipinski definition) is 4. The van der Waals surface area contributed by atoms with Gasteiger partial charge in [-0.3, -0.25) is 9.59 Å². The predicted molar refractivity (Wildman–Crippen MR) is 75.9 cm³/mol. The van der Waals surface area contributed by atoms with Crippen molar-refractivity contribution in [2.45, 2.75) is 6.04 Å². The van der Waals surface area contributed by atoms with Crippen LogP contribution in [0.15, 0.2) is 22.7 Å². The zero-order chi connectivity index (χ0) is 14.0. The quantitative estimate of drug-likeness (QED) is 0.716. The van der Waals surface area contributed by atoms with Crippen LogP contribution in [0.3, 0.4) is 0 Å². The zero-order valence-corrected chi connectivity index (χ0v) is 11.8. The lowest BCUT2D eigenvalue weighted by atomic mass is 10.1. The summed E-state index contributed by atoms with van der Waals surface area (Å²) < 4.78 is 0.760. The van der Waals surface area contributed by atoms with E-state index in [4.69, 9.17) is 11.5 Å². The minimum absolute atomic E-state index is 0.377. The Morgan fingerprint density at radius 3 is 2.74 bits per heavy atom. The van der Waals surface area contributed by atoms with Crippen molar-refractivity contribution in [2.24, 2.45) is 11.5 Å². The van der Waals surface area contributed by atoms with Crippen LogP contribution in [0.1, 0.15) is 10.4 Å². The largest absolute Gasteiger partial charge is 0.368 e. The van der Waals surface area contributed by atoms with E-state index in [1.807, 2.05) is 11.0 Å². The van der Waals surface area contributed by atoms with Crippen molar-refractivity contribution in [3.63, 3.8) is 0 Å². The molecule has 0 aliphatic carbocycles. The molecule has 0 aromatic heterocycles. The maximum atomic E-state index is 11.5. The van der Waals surface area contributed by atoms with Gasteiger partial charge in [0.2, 0.25) is 5.91 Å². The number of nitrogens with one attached hydrogen (secondary N) is 1. The Morgan fingerprint density at radius 2 is 2.11 bits per heavy atom. The van der Waals surface area contributed by atoms with Gasteiger partial charge in [-0.15, -0.1) is 0 Å². The molecular weight excluding hydrogens is 312 g/mol. The fraction of sp³-hybridized carbons (Fsp3) is 0.333. The lowest BCUT2D eigenvalue weighted by Gasteiger charge is -2.36. The normalized spacial score (nSPS) is 19.2. The minimum Gasteiger partial charge on any atom is -0.368 e. The number of nitrogens with zero attached hydrogens (tertiary/aromatic N) is 1. The van der Waals surface area contributed by atoms with Crippen LogP contribution < -0.4 is 21.7 Å². The number of piperazine rings is 1. The number of carbonyl (C=O) groups is 2. The van der Waals surface area contributed by atoms with E-state index in [0.717, 1.165) is 11.0 Å². The monoisotopic (exact) mass is 326 g/mol. The van der Waals surface area contributed by atoms with E-state index < -0.39 is 17.9 Å². The molecule has 0 spiro atoms. The second-order valence-corrected chi connectivity index (χ2v) is 5.26. The molecule has 1 aromatic carbocycles. The summed E-state index contributed by atoms with van der Waals surface area (Å²) in [6.45, 7) is 1.77. The molecule has 1 aromatic rings. The van der Waals surface area contributed by atoms with E-state index in [2.05, 4.69) is 21.2 Å². The van der Waals surface area contributed by atoms with Crippen LogP contribution in [0, 0.1) is 0 Å². The van der Waals surface area contributed by atoms with E-state index in [0.29, 0.717) is 24.3 Å². The summed E-state index contributed by atoms with van der Waals surface area (Å²) in [6, 6.07) is 4.75. The molecule has 1 saturated heterocycles. The Labute approximate surface area is 119 Å². The van der Waals surface area contributed by atoms with Crippen LogP contribution in [-0.2, 0) is 4.79 Å². The predicted octanol–water partition coefficient (Wildman–Crippen LogP) is -0.189. The van der Waals surface area contributed by atoms with Crippen LogP contribution in [0.25, 0.3) is 0 Å². The second-order valence-electron chi connectivity index (χ2n) is 4.34. The van der Waals surface area contributed by atoms with Crippen molar-refractivity contribution < 1.29 is 9.59 Å². The smallest absolute Gasteiger partial charge is 0.250 e. The average molecular weight is 327 g/mol. The van der Waals surface area contributed by atoms with Gasteiger partial charge in [0.25, 0.3) is 5.91 Å². The number of amides is 2. The molecule has 19 heavy (non-hydrogen) atoms. The SMILES string of the molecule is NC(=O)c1cc(Br)ccc1N1CCNCC1C(N)=O. The average Bonchev–Trinajstić information content (AvgIpc) is 2.38. The molecule has 7 heteroatoms. The van der Waals surface area contributed by atoms with Gasteiger partial charge in [-0.25, -0.2) is 0 Å². The Balaban J connectivity index is 2.44. The number of primary amides is 2. The first-order chi connectivity index (χ1) is 9.00. The van der Waals surface area contributed by atoms with E-state index in [-0.39, 0.29) is 0 Å². The Bertz CT molecular complexity index is 520. The van der Waals surface area contributed by atoms with Crippen molar-refractivity contribution in [1.82, 2.24) is 5.32 Å². The van der Waals surface area contributed by atoms with Crippen molar-refractivity contribution in [1.29, 1.82) is 0 Å². The Morgan fingerprint density at radius 1 is 1.37 bits per heavy atom. The molecular formula is C12H15BrN4O2. The summed E-state index contributed by atoms with van der Waals surface area (Å²) in [5.74, 6) is -0.955. The summed E-state index contributed by atoms with van der Waals surface area (Å²) in [6.07, 6.45) is 0. The van der Waals surface area contributed by atoms with Gasteiger partial charge in [-0.2, -0.15) is 0 Å². The van der Waals surface area contributed by atoms with E-state index in [1.165, 1.54) is 0 Å². The van der Waals surface area contributed by atoms with Crippen molar-refractivity contribution in [3.8, 4) is 0 Å². The zero-order valence-electron chi connectivity index (χ0n) is 10.2. The molecule has 0 saturated carbocycles. The molecule has 1 aliphatic rings. The third-order valence-corrected chi connectivity index (χ3v) is 3.60. The lowest BCUT2D eigenvalue weighted by Crippen LogP contribution is -2.57. The van der Waals surface area contributed by atoms with E-state index in [1.54, 1.807) is 12.1 Å². The first-order valence-electron chi connectivity index (χ1n) is 5.86. The van der Waals surface area contributed by atoms with Gasteiger partial charge in [0, 0.05) is 24.1 Å².